The van der Waals surface area contributed by atoms with Crippen LogP contribution in [0.1, 0.15) is 41.8 Å². The first-order valence-electron chi connectivity index (χ1n) is 10.7. The quantitative estimate of drug-likeness (QED) is 0.666. The Bertz CT molecular complexity index is 1090. The highest BCUT2D eigenvalue weighted by Gasteiger charge is 2.26. The SMILES string of the molecule is Cc1ccc(S(=O)(=O)Nc2ccc(C(=O)OCC(=O)N3CC(C)CC(C)C3)cc2)cc1C. The molecule has 172 valence electrons. The lowest BCUT2D eigenvalue weighted by molar-refractivity contribution is -0.137. The van der Waals surface area contributed by atoms with E-state index >= 15 is 0 Å². The van der Waals surface area contributed by atoms with Crippen molar-refractivity contribution in [3.05, 3.63) is 59.2 Å². The van der Waals surface area contributed by atoms with Gasteiger partial charge in [-0.05, 0) is 79.6 Å². The molecule has 0 radical (unpaired) electrons. The number of hydrogen-bond donors (Lipinski definition) is 1. The summed E-state index contributed by atoms with van der Waals surface area (Å²) in [6, 6.07) is 10.8. The third-order valence-corrected chi connectivity index (χ3v) is 7.09. The van der Waals surface area contributed by atoms with Crippen molar-refractivity contribution < 1.29 is 22.7 Å². The van der Waals surface area contributed by atoms with Gasteiger partial charge in [0, 0.05) is 18.8 Å². The minimum atomic E-state index is -3.75. The first-order chi connectivity index (χ1) is 15.0. The van der Waals surface area contributed by atoms with E-state index in [9.17, 15) is 18.0 Å². The number of sulfonamides is 1. The van der Waals surface area contributed by atoms with Gasteiger partial charge in [-0.1, -0.05) is 19.9 Å². The van der Waals surface area contributed by atoms with E-state index in [1.165, 1.54) is 24.3 Å². The number of ether oxygens (including phenoxy) is 1. The maximum absolute atomic E-state index is 12.6. The van der Waals surface area contributed by atoms with Crippen LogP contribution < -0.4 is 4.72 Å². The van der Waals surface area contributed by atoms with Gasteiger partial charge in [-0.15, -0.1) is 0 Å². The number of amides is 1. The zero-order valence-electron chi connectivity index (χ0n) is 18.9. The van der Waals surface area contributed by atoms with Gasteiger partial charge in [0.25, 0.3) is 15.9 Å². The molecule has 0 aliphatic carbocycles. The number of hydrogen-bond acceptors (Lipinski definition) is 5. The molecule has 1 saturated heterocycles. The van der Waals surface area contributed by atoms with Gasteiger partial charge in [0.05, 0.1) is 10.5 Å². The fraction of sp³-hybridized carbons (Fsp3) is 0.417. The third kappa shape index (κ3) is 5.88. The molecule has 8 heteroatoms. The Hall–Kier alpha value is -2.87. The fourth-order valence-electron chi connectivity index (χ4n) is 3.94. The largest absolute Gasteiger partial charge is 0.452 e. The molecule has 1 heterocycles. The van der Waals surface area contributed by atoms with E-state index in [0.717, 1.165) is 17.5 Å². The molecule has 2 aromatic rings. The zero-order valence-corrected chi connectivity index (χ0v) is 19.7. The van der Waals surface area contributed by atoms with Crippen LogP contribution in [-0.4, -0.2) is 44.9 Å². The Labute approximate surface area is 189 Å². The van der Waals surface area contributed by atoms with Crippen LogP contribution in [0.15, 0.2) is 47.4 Å². The molecule has 3 rings (SSSR count). The highest BCUT2D eigenvalue weighted by molar-refractivity contribution is 7.92. The zero-order chi connectivity index (χ0) is 23.5. The number of nitrogens with zero attached hydrogens (tertiary/aromatic N) is 1. The molecule has 0 spiro atoms. The van der Waals surface area contributed by atoms with Gasteiger partial charge >= 0.3 is 5.97 Å². The molecule has 32 heavy (non-hydrogen) atoms. The van der Waals surface area contributed by atoms with Crippen LogP contribution in [0, 0.1) is 25.7 Å². The molecule has 7 nitrogen and oxygen atoms in total. The van der Waals surface area contributed by atoms with Crippen LogP contribution in [-0.2, 0) is 19.6 Å². The smallest absolute Gasteiger partial charge is 0.338 e. The Morgan fingerprint density at radius 1 is 1.00 bits per heavy atom. The van der Waals surface area contributed by atoms with Crippen molar-refractivity contribution in [3.8, 4) is 0 Å². The van der Waals surface area contributed by atoms with Crippen LogP contribution in [0.25, 0.3) is 0 Å². The first-order valence-corrected chi connectivity index (χ1v) is 12.2. The molecule has 1 aliphatic heterocycles. The molecule has 2 unspecified atom stereocenters. The topological polar surface area (TPSA) is 92.8 Å². The lowest BCUT2D eigenvalue weighted by atomic mass is 9.92. The van der Waals surface area contributed by atoms with E-state index in [0.29, 0.717) is 30.6 Å². The second-order valence-corrected chi connectivity index (χ2v) is 10.4. The van der Waals surface area contributed by atoms with E-state index in [-0.39, 0.29) is 23.0 Å². The van der Waals surface area contributed by atoms with Gasteiger partial charge in [-0.3, -0.25) is 9.52 Å². The molecule has 0 aromatic heterocycles. The Balaban J connectivity index is 1.58. The summed E-state index contributed by atoms with van der Waals surface area (Å²) in [5.74, 6) is 0.0339. The first kappa shape index (κ1) is 23.8. The second kappa shape index (κ2) is 9.73. The van der Waals surface area contributed by atoms with Crippen LogP contribution in [0.4, 0.5) is 5.69 Å². The summed E-state index contributed by atoms with van der Waals surface area (Å²) in [6.45, 7) is 9.03. The molecule has 1 N–H and O–H groups in total. The van der Waals surface area contributed by atoms with Gasteiger partial charge in [0.1, 0.15) is 0 Å². The predicted molar refractivity (Wildman–Crippen MR) is 123 cm³/mol. The average molecular weight is 459 g/mol. The van der Waals surface area contributed by atoms with Crippen molar-refractivity contribution >= 4 is 27.6 Å². The number of aryl methyl sites for hydroxylation is 2. The number of carbonyl (C=O) groups excluding carboxylic acids is 2. The van der Waals surface area contributed by atoms with Crippen LogP contribution >= 0.6 is 0 Å². The summed E-state index contributed by atoms with van der Waals surface area (Å²) in [7, 11) is -3.75. The highest BCUT2D eigenvalue weighted by Crippen LogP contribution is 2.22. The van der Waals surface area contributed by atoms with Crippen molar-refractivity contribution in [2.24, 2.45) is 11.8 Å². The van der Waals surface area contributed by atoms with Crippen molar-refractivity contribution in [1.29, 1.82) is 0 Å². The molecule has 1 fully saturated rings. The highest BCUT2D eigenvalue weighted by atomic mass is 32.2. The van der Waals surface area contributed by atoms with Gasteiger partial charge in [-0.25, -0.2) is 13.2 Å². The summed E-state index contributed by atoms with van der Waals surface area (Å²) in [4.78, 5) is 26.6. The molecule has 0 saturated carbocycles. The van der Waals surface area contributed by atoms with Crippen LogP contribution in [0.2, 0.25) is 0 Å². The van der Waals surface area contributed by atoms with Gasteiger partial charge in [-0.2, -0.15) is 0 Å². The lowest BCUT2D eigenvalue weighted by Crippen LogP contribution is -2.44. The summed E-state index contributed by atoms with van der Waals surface area (Å²) in [5, 5.41) is 0. The average Bonchev–Trinajstić information content (AvgIpc) is 2.73. The van der Waals surface area contributed by atoms with E-state index in [2.05, 4.69) is 18.6 Å². The number of piperidine rings is 1. The number of nitrogens with one attached hydrogen (secondary N) is 1. The molecule has 1 amide bonds. The standard InChI is InChI=1S/C24H30N2O5S/c1-16-11-17(2)14-26(13-16)23(27)15-31-24(28)20-6-8-21(9-7-20)25-32(29,30)22-10-5-18(3)19(4)12-22/h5-10,12,16-17,25H,11,13-15H2,1-4H3. The maximum atomic E-state index is 12.6. The summed E-state index contributed by atoms with van der Waals surface area (Å²) in [5.41, 5.74) is 2.46. The molecule has 1 aliphatic rings. The van der Waals surface area contributed by atoms with Crippen molar-refractivity contribution in [2.45, 2.75) is 39.0 Å². The van der Waals surface area contributed by atoms with Crippen molar-refractivity contribution in [3.63, 3.8) is 0 Å². The van der Waals surface area contributed by atoms with Crippen LogP contribution in [0.5, 0.6) is 0 Å². The molecule has 0 bridgehead atoms. The van der Waals surface area contributed by atoms with E-state index in [1.54, 1.807) is 23.1 Å². The normalized spacial score (nSPS) is 18.8. The lowest BCUT2D eigenvalue weighted by Gasteiger charge is -2.34. The maximum Gasteiger partial charge on any atom is 0.338 e. The minimum absolute atomic E-state index is 0.170. The second-order valence-electron chi connectivity index (χ2n) is 8.75. The van der Waals surface area contributed by atoms with Crippen molar-refractivity contribution in [1.82, 2.24) is 4.90 Å². The Kier molecular flexibility index (Phi) is 7.23. The minimum Gasteiger partial charge on any atom is -0.452 e. The number of rotatable bonds is 6. The third-order valence-electron chi connectivity index (χ3n) is 5.71. The molecule has 2 atom stereocenters. The predicted octanol–water partition coefficient (Wildman–Crippen LogP) is 3.77. The summed E-state index contributed by atoms with van der Waals surface area (Å²) < 4.78 is 32.9. The fourth-order valence-corrected chi connectivity index (χ4v) is 5.08. The van der Waals surface area contributed by atoms with Gasteiger partial charge < -0.3 is 9.64 Å². The number of esters is 1. The Morgan fingerprint density at radius 2 is 1.62 bits per heavy atom. The molecule has 2 aromatic carbocycles. The summed E-state index contributed by atoms with van der Waals surface area (Å²) >= 11 is 0. The van der Waals surface area contributed by atoms with E-state index in [4.69, 9.17) is 4.74 Å². The van der Waals surface area contributed by atoms with Crippen molar-refractivity contribution in [2.75, 3.05) is 24.4 Å². The van der Waals surface area contributed by atoms with Gasteiger partial charge in [0.15, 0.2) is 6.61 Å². The summed E-state index contributed by atoms with van der Waals surface area (Å²) in [6.07, 6.45) is 1.09. The monoisotopic (exact) mass is 458 g/mol. The number of likely N-dealkylation sites (tertiary alicyclic amines) is 1. The number of carbonyl (C=O) groups is 2. The molecular formula is C24H30N2O5S. The van der Waals surface area contributed by atoms with Gasteiger partial charge in [0.2, 0.25) is 0 Å². The van der Waals surface area contributed by atoms with Crippen LogP contribution in [0.3, 0.4) is 0 Å². The van der Waals surface area contributed by atoms with E-state index in [1.807, 2.05) is 13.8 Å². The number of anilines is 1. The number of benzene rings is 2. The van der Waals surface area contributed by atoms with E-state index < -0.39 is 16.0 Å². The Morgan fingerprint density at radius 3 is 2.22 bits per heavy atom. The molecular weight excluding hydrogens is 428 g/mol.